The predicted molar refractivity (Wildman–Crippen MR) is 84.8 cm³/mol. The molecular weight excluding hydrogens is 327 g/mol. The van der Waals surface area contributed by atoms with E-state index in [1.165, 1.54) is 12.0 Å². The van der Waals surface area contributed by atoms with Crippen molar-refractivity contribution >= 4 is 14.4 Å². The highest BCUT2D eigenvalue weighted by Crippen LogP contribution is 2.38. The standard InChI is InChI=1S/C15H28F3NO3Si/c1-5-23(6-2,7-3)22-13(15(16,17)18)12-8-10-19(11-9-12)14(20)21-4/h12-13H,5-11H2,1-4H3. The molecule has 1 atom stereocenters. The first kappa shape index (κ1) is 20.3. The first-order valence-corrected chi connectivity index (χ1v) is 10.8. The second-order valence-electron chi connectivity index (χ2n) is 6.12. The summed E-state index contributed by atoms with van der Waals surface area (Å²) in [7, 11) is -1.07. The number of rotatable bonds is 6. The van der Waals surface area contributed by atoms with Gasteiger partial charge in [0.1, 0.15) is 6.10 Å². The Labute approximate surface area is 137 Å². The minimum absolute atomic E-state index is 0.284. The number of hydrogen-bond acceptors (Lipinski definition) is 3. The fourth-order valence-corrected chi connectivity index (χ4v) is 6.08. The molecule has 0 aromatic carbocycles. The molecule has 0 spiro atoms. The van der Waals surface area contributed by atoms with Crippen LogP contribution >= 0.6 is 0 Å². The third-order valence-electron chi connectivity index (χ3n) is 5.03. The Hall–Kier alpha value is -0.763. The van der Waals surface area contributed by atoms with Gasteiger partial charge in [-0.15, -0.1) is 0 Å². The van der Waals surface area contributed by atoms with E-state index in [-0.39, 0.29) is 13.1 Å². The topological polar surface area (TPSA) is 38.8 Å². The van der Waals surface area contributed by atoms with Gasteiger partial charge in [-0.1, -0.05) is 20.8 Å². The van der Waals surface area contributed by atoms with Gasteiger partial charge in [0, 0.05) is 13.1 Å². The smallest absolute Gasteiger partial charge is 0.413 e. The molecule has 0 radical (unpaired) electrons. The monoisotopic (exact) mass is 355 g/mol. The van der Waals surface area contributed by atoms with E-state index >= 15 is 0 Å². The molecule has 1 amide bonds. The van der Waals surface area contributed by atoms with Gasteiger partial charge in [0.05, 0.1) is 7.11 Å². The van der Waals surface area contributed by atoms with Crippen LogP contribution in [-0.4, -0.2) is 51.8 Å². The van der Waals surface area contributed by atoms with Gasteiger partial charge in [-0.3, -0.25) is 0 Å². The number of amides is 1. The maximum atomic E-state index is 13.6. The fraction of sp³-hybridized carbons (Fsp3) is 0.933. The number of methoxy groups -OCH3 is 1. The van der Waals surface area contributed by atoms with E-state index in [9.17, 15) is 18.0 Å². The number of ether oxygens (including phenoxy) is 1. The molecule has 0 saturated carbocycles. The number of halogens is 3. The number of alkyl halides is 3. The molecule has 0 aliphatic carbocycles. The maximum Gasteiger partial charge on any atom is 0.413 e. The van der Waals surface area contributed by atoms with Crippen LogP contribution in [0.2, 0.25) is 18.1 Å². The van der Waals surface area contributed by atoms with Crippen LogP contribution in [0, 0.1) is 5.92 Å². The summed E-state index contributed by atoms with van der Waals surface area (Å²) in [5.74, 6) is -0.590. The summed E-state index contributed by atoms with van der Waals surface area (Å²) in [6.07, 6.45) is -5.97. The van der Waals surface area contributed by atoms with Crippen molar-refractivity contribution in [2.24, 2.45) is 5.92 Å². The van der Waals surface area contributed by atoms with Crippen molar-refractivity contribution in [1.82, 2.24) is 4.90 Å². The first-order valence-electron chi connectivity index (χ1n) is 8.30. The molecule has 136 valence electrons. The summed E-state index contributed by atoms with van der Waals surface area (Å²) in [5, 5.41) is 0. The molecule has 1 unspecified atom stereocenters. The quantitative estimate of drug-likeness (QED) is 0.662. The third-order valence-corrected chi connectivity index (χ3v) is 9.65. The van der Waals surface area contributed by atoms with Gasteiger partial charge in [-0.25, -0.2) is 4.79 Å². The van der Waals surface area contributed by atoms with Crippen LogP contribution in [0.1, 0.15) is 33.6 Å². The fourth-order valence-electron chi connectivity index (χ4n) is 3.21. The molecular formula is C15H28F3NO3Si. The molecule has 1 fully saturated rings. The minimum Gasteiger partial charge on any atom is -0.453 e. The number of carbonyl (C=O) groups excluding carboxylic acids is 1. The molecule has 1 rings (SSSR count). The van der Waals surface area contributed by atoms with E-state index in [1.54, 1.807) is 0 Å². The molecule has 0 aromatic rings. The molecule has 23 heavy (non-hydrogen) atoms. The molecule has 0 aromatic heterocycles. The van der Waals surface area contributed by atoms with Crippen molar-refractivity contribution in [2.45, 2.75) is 64.0 Å². The van der Waals surface area contributed by atoms with Gasteiger partial charge in [-0.05, 0) is 36.9 Å². The van der Waals surface area contributed by atoms with E-state index in [4.69, 9.17) is 4.43 Å². The van der Waals surface area contributed by atoms with Crippen molar-refractivity contribution in [2.75, 3.05) is 20.2 Å². The largest absolute Gasteiger partial charge is 0.453 e. The van der Waals surface area contributed by atoms with Crippen molar-refractivity contribution in [3.63, 3.8) is 0 Å². The Balaban J connectivity index is 2.83. The molecule has 0 bridgehead atoms. The van der Waals surface area contributed by atoms with Crippen LogP contribution in [0.5, 0.6) is 0 Å². The summed E-state index contributed by atoms with van der Waals surface area (Å²) in [5.41, 5.74) is 0. The van der Waals surface area contributed by atoms with Crippen molar-refractivity contribution in [3.8, 4) is 0 Å². The Morgan fingerprint density at radius 3 is 2.00 bits per heavy atom. The van der Waals surface area contributed by atoms with Crippen LogP contribution in [0.15, 0.2) is 0 Å². The van der Waals surface area contributed by atoms with Crippen LogP contribution in [0.25, 0.3) is 0 Å². The van der Waals surface area contributed by atoms with Crippen LogP contribution in [0.4, 0.5) is 18.0 Å². The lowest BCUT2D eigenvalue weighted by Crippen LogP contribution is -2.51. The average molecular weight is 355 g/mol. The predicted octanol–water partition coefficient (Wildman–Crippen LogP) is 4.42. The second-order valence-corrected chi connectivity index (χ2v) is 10.8. The van der Waals surface area contributed by atoms with Gasteiger partial charge >= 0.3 is 12.3 Å². The zero-order valence-electron chi connectivity index (χ0n) is 14.4. The summed E-state index contributed by atoms with van der Waals surface area (Å²) in [6.45, 7) is 6.34. The highest BCUT2D eigenvalue weighted by molar-refractivity contribution is 6.73. The number of carbonyl (C=O) groups is 1. The minimum atomic E-state index is -4.37. The van der Waals surface area contributed by atoms with Crippen molar-refractivity contribution in [3.05, 3.63) is 0 Å². The molecule has 0 N–H and O–H groups in total. The lowest BCUT2D eigenvalue weighted by Gasteiger charge is -2.40. The maximum absolute atomic E-state index is 13.6. The number of likely N-dealkylation sites (tertiary alicyclic amines) is 1. The second kappa shape index (κ2) is 8.37. The van der Waals surface area contributed by atoms with Crippen LogP contribution in [-0.2, 0) is 9.16 Å². The van der Waals surface area contributed by atoms with E-state index in [0.29, 0.717) is 31.0 Å². The summed E-state index contributed by atoms with van der Waals surface area (Å²) in [6, 6.07) is 2.06. The number of nitrogens with zero attached hydrogens (tertiary/aromatic N) is 1. The van der Waals surface area contributed by atoms with Gasteiger partial charge in [0.15, 0.2) is 8.32 Å². The summed E-state index contributed by atoms with van der Waals surface area (Å²) in [4.78, 5) is 12.9. The number of hydrogen-bond donors (Lipinski definition) is 0. The van der Waals surface area contributed by atoms with Gasteiger partial charge in [0.2, 0.25) is 0 Å². The molecule has 4 nitrogen and oxygen atoms in total. The van der Waals surface area contributed by atoms with Crippen LogP contribution < -0.4 is 0 Å². The third kappa shape index (κ3) is 5.10. The lowest BCUT2D eigenvalue weighted by molar-refractivity contribution is -0.216. The summed E-state index contributed by atoms with van der Waals surface area (Å²) < 4.78 is 51.1. The average Bonchev–Trinajstić information content (AvgIpc) is 2.55. The lowest BCUT2D eigenvalue weighted by atomic mass is 9.91. The van der Waals surface area contributed by atoms with Crippen LogP contribution in [0.3, 0.4) is 0 Å². The Bertz CT molecular complexity index is 372. The SMILES string of the molecule is CC[Si](CC)(CC)OC(C1CCN(C(=O)OC)CC1)C(F)(F)F. The number of piperidine rings is 1. The van der Waals surface area contributed by atoms with Gasteiger partial charge < -0.3 is 14.1 Å². The zero-order valence-corrected chi connectivity index (χ0v) is 15.4. The van der Waals surface area contributed by atoms with E-state index < -0.39 is 32.6 Å². The highest BCUT2D eigenvalue weighted by Gasteiger charge is 2.50. The molecule has 1 aliphatic heterocycles. The summed E-state index contributed by atoms with van der Waals surface area (Å²) >= 11 is 0. The molecule has 8 heteroatoms. The molecule has 1 aliphatic rings. The van der Waals surface area contributed by atoms with E-state index in [2.05, 4.69) is 4.74 Å². The van der Waals surface area contributed by atoms with Crippen molar-refractivity contribution in [1.29, 1.82) is 0 Å². The first-order chi connectivity index (χ1) is 10.7. The van der Waals surface area contributed by atoms with E-state index in [0.717, 1.165) is 0 Å². The van der Waals surface area contributed by atoms with Gasteiger partial charge in [0.25, 0.3) is 0 Å². The molecule has 1 heterocycles. The van der Waals surface area contributed by atoms with E-state index in [1.807, 2.05) is 20.8 Å². The molecule has 1 saturated heterocycles. The van der Waals surface area contributed by atoms with Gasteiger partial charge in [-0.2, -0.15) is 13.2 Å². The highest BCUT2D eigenvalue weighted by atomic mass is 28.4. The Kier molecular flexibility index (Phi) is 7.38. The Morgan fingerprint density at radius 1 is 1.17 bits per heavy atom. The van der Waals surface area contributed by atoms with Crippen molar-refractivity contribution < 1.29 is 27.1 Å². The normalized spacial score (nSPS) is 18.8. The Morgan fingerprint density at radius 2 is 1.65 bits per heavy atom. The zero-order chi connectivity index (χ0) is 17.7.